The Bertz CT molecular complexity index is 529. The van der Waals surface area contributed by atoms with E-state index in [0.717, 1.165) is 31.4 Å². The molecule has 2 N–H and O–H groups in total. The summed E-state index contributed by atoms with van der Waals surface area (Å²) in [5.41, 5.74) is 1.22. The van der Waals surface area contributed by atoms with Crippen LogP contribution in [0.5, 0.6) is 0 Å². The van der Waals surface area contributed by atoms with Gasteiger partial charge >= 0.3 is 0 Å². The second-order valence-electron chi connectivity index (χ2n) is 6.95. The average molecular weight is 473 g/mol. The summed E-state index contributed by atoms with van der Waals surface area (Å²) in [6.07, 6.45) is 9.48. The van der Waals surface area contributed by atoms with Gasteiger partial charge in [-0.3, -0.25) is 0 Å². The Kier molecular flexibility index (Phi) is 11.6. The second-order valence-corrected chi connectivity index (χ2v) is 6.95. The van der Waals surface area contributed by atoms with Gasteiger partial charge in [-0.25, -0.2) is 9.98 Å². The van der Waals surface area contributed by atoms with Crippen molar-refractivity contribution in [3.8, 4) is 0 Å². The fourth-order valence-corrected chi connectivity index (χ4v) is 3.17. The molecule has 0 aromatic carbocycles. The van der Waals surface area contributed by atoms with E-state index in [2.05, 4.69) is 53.4 Å². The molecule has 1 unspecified atom stereocenters. The highest BCUT2D eigenvalue weighted by Crippen LogP contribution is 2.18. The van der Waals surface area contributed by atoms with Crippen LogP contribution in [0.2, 0.25) is 0 Å². The van der Waals surface area contributed by atoms with E-state index >= 15 is 0 Å². The van der Waals surface area contributed by atoms with Crippen molar-refractivity contribution in [3.63, 3.8) is 0 Å². The summed E-state index contributed by atoms with van der Waals surface area (Å²) in [6.45, 7) is 10.4. The van der Waals surface area contributed by atoms with Crippen LogP contribution in [0.1, 0.15) is 64.9 Å². The van der Waals surface area contributed by atoms with Gasteiger partial charge in [0, 0.05) is 31.9 Å². The molecule has 6 heteroatoms. The summed E-state index contributed by atoms with van der Waals surface area (Å²) in [5.74, 6) is 2.00. The minimum absolute atomic E-state index is 0. The summed E-state index contributed by atoms with van der Waals surface area (Å²) in [4.78, 5) is 11.7. The number of hydrogen-bond acceptors (Lipinski definition) is 3. The number of aromatic nitrogens is 1. The molecule has 1 saturated heterocycles. The zero-order valence-corrected chi connectivity index (χ0v) is 19.0. The molecule has 1 aliphatic heterocycles. The number of pyridine rings is 1. The molecule has 148 valence electrons. The lowest BCUT2D eigenvalue weighted by atomic mass is 10.1. The Balaban J connectivity index is 0.00000338. The number of nitrogens with one attached hydrogen (secondary N) is 2. The first kappa shape index (κ1) is 23.0. The molecule has 0 saturated carbocycles. The molecule has 1 fully saturated rings. The van der Waals surface area contributed by atoms with Crippen molar-refractivity contribution in [2.24, 2.45) is 4.99 Å². The molecule has 0 bridgehead atoms. The number of halogens is 1. The van der Waals surface area contributed by atoms with Crippen LogP contribution in [-0.2, 0) is 6.54 Å². The molecule has 1 aliphatic rings. The largest absolute Gasteiger partial charge is 0.357 e. The summed E-state index contributed by atoms with van der Waals surface area (Å²) >= 11 is 0. The number of unbranched alkanes of at least 4 members (excludes halogenated alkanes) is 2. The van der Waals surface area contributed by atoms with Gasteiger partial charge in [-0.05, 0) is 50.8 Å². The molecule has 5 nitrogen and oxygen atoms in total. The Morgan fingerprint density at radius 3 is 2.73 bits per heavy atom. The molecular formula is C20H36IN5. The topological polar surface area (TPSA) is 52.6 Å². The standard InChI is InChI=1S/C20H35N5.HI/c1-4-6-7-10-17(3)24-20(21-5-2)23-16-18-11-12-22-19(15-18)25-13-8-9-14-25;/h11-12,15,17H,4-10,13-14,16H2,1-3H3,(H2,21,23,24);1H. The van der Waals surface area contributed by atoms with Gasteiger partial charge in [0.1, 0.15) is 5.82 Å². The van der Waals surface area contributed by atoms with Gasteiger partial charge in [0.05, 0.1) is 6.54 Å². The van der Waals surface area contributed by atoms with E-state index in [-0.39, 0.29) is 24.0 Å². The fraction of sp³-hybridized carbons (Fsp3) is 0.700. The quantitative estimate of drug-likeness (QED) is 0.243. The average Bonchev–Trinajstić information content (AvgIpc) is 3.15. The molecule has 2 rings (SSSR count). The van der Waals surface area contributed by atoms with E-state index in [9.17, 15) is 0 Å². The molecule has 0 radical (unpaired) electrons. The molecule has 0 amide bonds. The van der Waals surface area contributed by atoms with Crippen molar-refractivity contribution < 1.29 is 0 Å². The van der Waals surface area contributed by atoms with Crippen molar-refractivity contribution in [3.05, 3.63) is 23.9 Å². The lowest BCUT2D eigenvalue weighted by molar-refractivity contribution is 0.547. The lowest BCUT2D eigenvalue weighted by Gasteiger charge is -2.18. The maximum Gasteiger partial charge on any atom is 0.191 e. The van der Waals surface area contributed by atoms with Crippen LogP contribution in [0.3, 0.4) is 0 Å². The predicted octanol–water partition coefficient (Wildman–Crippen LogP) is 4.32. The van der Waals surface area contributed by atoms with Crippen LogP contribution in [0.25, 0.3) is 0 Å². The molecule has 2 heterocycles. The number of nitrogens with zero attached hydrogens (tertiary/aromatic N) is 3. The van der Waals surface area contributed by atoms with Crippen LogP contribution in [0.4, 0.5) is 5.82 Å². The van der Waals surface area contributed by atoms with Crippen molar-refractivity contribution in [1.29, 1.82) is 0 Å². The zero-order valence-electron chi connectivity index (χ0n) is 16.6. The molecular weight excluding hydrogens is 437 g/mol. The first-order chi connectivity index (χ1) is 12.2. The monoisotopic (exact) mass is 473 g/mol. The summed E-state index contributed by atoms with van der Waals surface area (Å²) < 4.78 is 0. The van der Waals surface area contributed by atoms with Crippen molar-refractivity contribution in [1.82, 2.24) is 15.6 Å². The Hall–Kier alpha value is -1.05. The minimum Gasteiger partial charge on any atom is -0.357 e. The summed E-state index contributed by atoms with van der Waals surface area (Å²) in [5, 5.41) is 6.89. The maximum atomic E-state index is 4.77. The predicted molar refractivity (Wildman–Crippen MR) is 123 cm³/mol. The molecule has 26 heavy (non-hydrogen) atoms. The fourth-order valence-electron chi connectivity index (χ4n) is 3.17. The van der Waals surface area contributed by atoms with E-state index in [1.54, 1.807) is 0 Å². The number of guanidine groups is 1. The summed E-state index contributed by atoms with van der Waals surface area (Å²) in [6, 6.07) is 4.70. The van der Waals surface area contributed by atoms with E-state index in [1.165, 1.54) is 44.1 Å². The van der Waals surface area contributed by atoms with E-state index < -0.39 is 0 Å². The highest BCUT2D eigenvalue weighted by Gasteiger charge is 2.13. The van der Waals surface area contributed by atoms with Crippen molar-refractivity contribution in [2.45, 2.75) is 71.9 Å². The molecule has 1 aromatic heterocycles. The van der Waals surface area contributed by atoms with Crippen molar-refractivity contribution >= 4 is 35.8 Å². The lowest BCUT2D eigenvalue weighted by Crippen LogP contribution is -2.42. The van der Waals surface area contributed by atoms with Gasteiger partial charge in [-0.1, -0.05) is 26.2 Å². The molecule has 0 aliphatic carbocycles. The number of aliphatic imine (C=N–C) groups is 1. The van der Waals surface area contributed by atoms with Gasteiger partial charge in [0.25, 0.3) is 0 Å². The Morgan fingerprint density at radius 1 is 1.27 bits per heavy atom. The van der Waals surface area contributed by atoms with E-state index in [1.807, 2.05) is 6.20 Å². The Morgan fingerprint density at radius 2 is 2.04 bits per heavy atom. The molecule has 0 spiro atoms. The molecule has 1 atom stereocenters. The Labute approximate surface area is 176 Å². The van der Waals surface area contributed by atoms with Crippen LogP contribution in [-0.4, -0.2) is 36.6 Å². The first-order valence-electron chi connectivity index (χ1n) is 9.97. The van der Waals surface area contributed by atoms with Crippen LogP contribution in [0, 0.1) is 0 Å². The van der Waals surface area contributed by atoms with Crippen LogP contribution < -0.4 is 15.5 Å². The van der Waals surface area contributed by atoms with Gasteiger partial charge in [-0.2, -0.15) is 0 Å². The first-order valence-corrected chi connectivity index (χ1v) is 9.97. The van der Waals surface area contributed by atoms with E-state index in [4.69, 9.17) is 4.99 Å². The van der Waals surface area contributed by atoms with Gasteiger partial charge < -0.3 is 15.5 Å². The zero-order chi connectivity index (χ0) is 17.9. The van der Waals surface area contributed by atoms with E-state index in [0.29, 0.717) is 12.6 Å². The smallest absolute Gasteiger partial charge is 0.191 e. The van der Waals surface area contributed by atoms with Crippen LogP contribution >= 0.6 is 24.0 Å². The van der Waals surface area contributed by atoms with Gasteiger partial charge in [0.15, 0.2) is 5.96 Å². The number of hydrogen-bond donors (Lipinski definition) is 2. The molecule has 1 aromatic rings. The highest BCUT2D eigenvalue weighted by atomic mass is 127. The van der Waals surface area contributed by atoms with Gasteiger partial charge in [0.2, 0.25) is 0 Å². The minimum atomic E-state index is 0. The maximum absolute atomic E-state index is 4.77. The second kappa shape index (κ2) is 13.2. The number of anilines is 1. The third kappa shape index (κ3) is 8.10. The SMILES string of the molecule is CCCCCC(C)NC(=NCc1ccnc(N2CCCC2)c1)NCC.I. The van der Waals surface area contributed by atoms with Gasteiger partial charge in [-0.15, -0.1) is 24.0 Å². The number of rotatable bonds is 9. The normalized spacial score (nSPS) is 15.5. The third-order valence-corrected chi connectivity index (χ3v) is 4.63. The highest BCUT2D eigenvalue weighted by molar-refractivity contribution is 14.0. The summed E-state index contributed by atoms with van der Waals surface area (Å²) in [7, 11) is 0. The third-order valence-electron chi connectivity index (χ3n) is 4.63. The van der Waals surface area contributed by atoms with Crippen molar-refractivity contribution in [2.75, 3.05) is 24.5 Å². The van der Waals surface area contributed by atoms with Crippen LogP contribution in [0.15, 0.2) is 23.3 Å².